The van der Waals surface area contributed by atoms with Crippen LogP contribution >= 0.6 is 34.5 Å². The minimum atomic E-state index is -0.309. The van der Waals surface area contributed by atoms with E-state index in [9.17, 15) is 4.79 Å². The number of fused-ring (bicyclic) bond motifs is 3. The third kappa shape index (κ3) is 5.20. The maximum atomic E-state index is 14.1. The summed E-state index contributed by atoms with van der Waals surface area (Å²) < 4.78 is 14.3. The van der Waals surface area contributed by atoms with Gasteiger partial charge in [-0.1, -0.05) is 95.2 Å². The molecule has 0 radical (unpaired) electrons. The molecule has 4 aromatic carbocycles. The predicted octanol–water partition coefficient (Wildman–Crippen LogP) is 7.21. The highest BCUT2D eigenvalue weighted by Crippen LogP contribution is 2.43. The number of aryl methyl sites for hydroxylation is 1. The van der Waals surface area contributed by atoms with Crippen LogP contribution in [0.4, 0.5) is 0 Å². The molecule has 1 aliphatic carbocycles. The van der Waals surface area contributed by atoms with E-state index in [0.29, 0.717) is 31.7 Å². The Balaban J connectivity index is 1.32. The van der Waals surface area contributed by atoms with Gasteiger partial charge in [0.2, 0.25) is 0 Å². The van der Waals surface area contributed by atoms with Crippen molar-refractivity contribution in [3.63, 3.8) is 0 Å². The van der Waals surface area contributed by atoms with E-state index in [1.54, 1.807) is 19.2 Å². The highest BCUT2D eigenvalue weighted by Gasteiger charge is 2.33. The molecule has 0 N–H and O–H groups in total. The van der Waals surface area contributed by atoms with E-state index in [1.165, 1.54) is 16.9 Å². The van der Waals surface area contributed by atoms with Crippen LogP contribution in [0.5, 0.6) is 11.5 Å². The number of hydrogen-bond donors (Lipinski definition) is 0. The second kappa shape index (κ2) is 11.5. The predicted molar refractivity (Wildman–Crippen MR) is 173 cm³/mol. The number of aromatic nitrogens is 1. The Morgan fingerprint density at radius 3 is 2.67 bits per heavy atom. The molecule has 0 saturated carbocycles. The van der Waals surface area contributed by atoms with Crippen LogP contribution in [-0.2, 0) is 13.0 Å². The van der Waals surface area contributed by atoms with E-state index < -0.39 is 0 Å². The largest absolute Gasteiger partial charge is 0.496 e. The number of methoxy groups -OCH3 is 1. The van der Waals surface area contributed by atoms with E-state index >= 15 is 0 Å². The minimum absolute atomic E-state index is 0.0793. The molecule has 0 amide bonds. The Bertz CT molecular complexity index is 2100. The van der Waals surface area contributed by atoms with Crippen molar-refractivity contribution in [1.29, 1.82) is 0 Å². The molecule has 0 saturated heterocycles. The molecule has 2 aliphatic rings. The summed E-state index contributed by atoms with van der Waals surface area (Å²) in [4.78, 5) is 19.9. The van der Waals surface area contributed by atoms with E-state index in [2.05, 4.69) is 18.2 Å². The summed E-state index contributed by atoms with van der Waals surface area (Å²) in [5, 5.41) is 1.13. The first-order valence-electron chi connectivity index (χ1n) is 13.9. The second-order valence-corrected chi connectivity index (χ2v) is 12.3. The summed E-state index contributed by atoms with van der Waals surface area (Å²) in [7, 11) is 1.67. The van der Waals surface area contributed by atoms with Gasteiger partial charge in [0.25, 0.3) is 5.56 Å². The van der Waals surface area contributed by atoms with Gasteiger partial charge >= 0.3 is 0 Å². The summed E-state index contributed by atoms with van der Waals surface area (Å²) in [5.41, 5.74) is 7.08. The fourth-order valence-corrected chi connectivity index (χ4v) is 7.30. The van der Waals surface area contributed by atoms with Gasteiger partial charge in [0, 0.05) is 26.7 Å². The smallest absolute Gasteiger partial charge is 0.271 e. The molecule has 5 aromatic rings. The van der Waals surface area contributed by atoms with Crippen molar-refractivity contribution >= 4 is 46.3 Å². The molecule has 0 spiro atoms. The van der Waals surface area contributed by atoms with E-state index in [4.69, 9.17) is 37.7 Å². The standard InChI is InChI=1S/C35H26Cl2N2O3S/c1-41-30-12-5-4-11-27(30)33-28-16-14-22-8-2-3-10-26(22)32(28)38-35-39(33)34(40)31(43-35)18-21-7-6-9-25(17-21)42-20-23-13-15-24(36)19-29(23)37/h2-13,15,17-19,33H,14,16,20H2,1H3/b31-18+/t33-/m1/s1. The summed E-state index contributed by atoms with van der Waals surface area (Å²) in [6, 6.07) is 29.1. The van der Waals surface area contributed by atoms with Crippen molar-refractivity contribution < 1.29 is 9.47 Å². The highest BCUT2D eigenvalue weighted by atomic mass is 35.5. The van der Waals surface area contributed by atoms with Crippen LogP contribution in [0.15, 0.2) is 106 Å². The molecule has 1 atom stereocenters. The number of halogens is 2. The molecule has 8 heteroatoms. The topological polar surface area (TPSA) is 52.8 Å². The fourth-order valence-electron chi connectivity index (χ4n) is 5.84. The Hall–Kier alpha value is -4.10. The van der Waals surface area contributed by atoms with Crippen LogP contribution in [0.1, 0.15) is 40.3 Å². The third-order valence-corrected chi connectivity index (χ3v) is 9.44. The van der Waals surface area contributed by atoms with Crippen molar-refractivity contribution in [3.05, 3.63) is 154 Å². The molecular weight excluding hydrogens is 599 g/mol. The zero-order valence-corrected chi connectivity index (χ0v) is 25.5. The number of benzene rings is 4. The van der Waals surface area contributed by atoms with Gasteiger partial charge in [-0.2, -0.15) is 0 Å². The average Bonchev–Trinajstić information content (AvgIpc) is 3.33. The van der Waals surface area contributed by atoms with Crippen LogP contribution in [-0.4, -0.2) is 11.7 Å². The van der Waals surface area contributed by atoms with Crippen molar-refractivity contribution in [2.75, 3.05) is 7.11 Å². The first-order chi connectivity index (χ1) is 21.0. The molecule has 2 heterocycles. The zero-order chi connectivity index (χ0) is 29.5. The lowest BCUT2D eigenvalue weighted by atomic mass is 9.83. The molecule has 0 unspecified atom stereocenters. The Morgan fingerprint density at radius 1 is 0.977 bits per heavy atom. The normalized spacial score (nSPS) is 15.8. The lowest BCUT2D eigenvalue weighted by Crippen LogP contribution is -2.39. The van der Waals surface area contributed by atoms with Gasteiger partial charge in [-0.05, 0) is 65.9 Å². The molecule has 7 rings (SSSR count). The fraction of sp³-hybridized carbons (Fsp3) is 0.143. The Morgan fingerprint density at radius 2 is 1.81 bits per heavy atom. The van der Waals surface area contributed by atoms with Gasteiger partial charge in [-0.3, -0.25) is 9.36 Å². The van der Waals surface area contributed by atoms with Crippen LogP contribution in [0.25, 0.3) is 11.8 Å². The molecule has 214 valence electrons. The molecular formula is C35H26Cl2N2O3S. The van der Waals surface area contributed by atoms with Crippen molar-refractivity contribution in [2.45, 2.75) is 25.5 Å². The molecule has 1 aliphatic heterocycles. The maximum absolute atomic E-state index is 14.1. The quantitative estimate of drug-likeness (QED) is 0.200. The van der Waals surface area contributed by atoms with E-state index in [-0.39, 0.29) is 11.6 Å². The number of hydrogen-bond acceptors (Lipinski definition) is 5. The lowest BCUT2D eigenvalue weighted by Gasteiger charge is -2.31. The van der Waals surface area contributed by atoms with Crippen molar-refractivity contribution in [3.8, 4) is 11.5 Å². The van der Waals surface area contributed by atoms with Gasteiger partial charge in [0.05, 0.1) is 23.4 Å². The maximum Gasteiger partial charge on any atom is 0.271 e. The summed E-state index contributed by atoms with van der Waals surface area (Å²) in [5.74, 6) is 1.42. The summed E-state index contributed by atoms with van der Waals surface area (Å²) in [6.45, 7) is 0.299. The Kier molecular flexibility index (Phi) is 7.43. The van der Waals surface area contributed by atoms with Gasteiger partial charge in [-0.15, -0.1) is 0 Å². The number of allylic oxidation sites excluding steroid dienone is 1. The molecule has 5 nitrogen and oxygen atoms in total. The third-order valence-electron chi connectivity index (χ3n) is 7.87. The monoisotopic (exact) mass is 624 g/mol. The number of nitrogens with zero attached hydrogens (tertiary/aromatic N) is 2. The molecule has 43 heavy (non-hydrogen) atoms. The second-order valence-electron chi connectivity index (χ2n) is 10.5. The summed E-state index contributed by atoms with van der Waals surface area (Å²) in [6.07, 6.45) is 3.62. The number of rotatable bonds is 6. The van der Waals surface area contributed by atoms with Gasteiger partial charge in [0.15, 0.2) is 4.80 Å². The zero-order valence-electron chi connectivity index (χ0n) is 23.2. The SMILES string of the molecule is COc1ccccc1[C@@H]1C2=C(N=c3s/c(=C/c4cccc(OCc5ccc(Cl)cc5Cl)c4)c(=O)n31)c1ccccc1CC2. The van der Waals surface area contributed by atoms with Crippen LogP contribution in [0, 0.1) is 0 Å². The molecule has 1 aromatic heterocycles. The average molecular weight is 626 g/mol. The first kappa shape index (κ1) is 27.7. The molecule has 0 fully saturated rings. The number of ether oxygens (including phenoxy) is 2. The number of thiazole rings is 1. The molecule has 0 bridgehead atoms. The minimum Gasteiger partial charge on any atom is -0.496 e. The van der Waals surface area contributed by atoms with Crippen LogP contribution < -0.4 is 24.4 Å². The number of para-hydroxylation sites is 1. The van der Waals surface area contributed by atoms with Gasteiger partial charge in [0.1, 0.15) is 18.1 Å². The highest BCUT2D eigenvalue weighted by molar-refractivity contribution is 7.07. The van der Waals surface area contributed by atoms with Gasteiger partial charge < -0.3 is 9.47 Å². The van der Waals surface area contributed by atoms with Crippen molar-refractivity contribution in [1.82, 2.24) is 4.57 Å². The van der Waals surface area contributed by atoms with Crippen molar-refractivity contribution in [2.24, 2.45) is 4.99 Å². The summed E-state index contributed by atoms with van der Waals surface area (Å²) >= 11 is 13.8. The van der Waals surface area contributed by atoms with Gasteiger partial charge in [-0.25, -0.2) is 4.99 Å². The van der Waals surface area contributed by atoms with E-state index in [0.717, 1.165) is 52.1 Å². The van der Waals surface area contributed by atoms with Crippen LogP contribution in [0.3, 0.4) is 0 Å². The Labute approximate surface area is 262 Å². The first-order valence-corrected chi connectivity index (χ1v) is 15.5. The lowest BCUT2D eigenvalue weighted by molar-refractivity contribution is 0.306. The van der Waals surface area contributed by atoms with E-state index in [1.807, 2.05) is 71.3 Å². The van der Waals surface area contributed by atoms with Crippen LogP contribution in [0.2, 0.25) is 10.0 Å².